The van der Waals surface area contributed by atoms with E-state index in [2.05, 4.69) is 33.8 Å². The summed E-state index contributed by atoms with van der Waals surface area (Å²) in [5.41, 5.74) is 3.45. The van der Waals surface area contributed by atoms with Crippen molar-refractivity contribution in [2.45, 2.75) is 25.7 Å². The molecule has 0 aliphatic carbocycles. The summed E-state index contributed by atoms with van der Waals surface area (Å²) < 4.78 is 2.01. The highest BCUT2D eigenvalue weighted by Crippen LogP contribution is 2.25. The van der Waals surface area contributed by atoms with Crippen molar-refractivity contribution in [3.05, 3.63) is 29.6 Å². The van der Waals surface area contributed by atoms with E-state index in [0.717, 1.165) is 24.3 Å². The minimum Gasteiger partial charge on any atom is -0.317 e. The normalized spacial score (nSPS) is 18.1. The first-order valence-electron chi connectivity index (χ1n) is 5.88. The van der Waals surface area contributed by atoms with Crippen LogP contribution < -0.4 is 5.32 Å². The van der Waals surface area contributed by atoms with E-state index in [-0.39, 0.29) is 0 Å². The standard InChI is InChI=1S/C12H16N4/c1-9-11-3-2-4-12(16(11)15-14-9)10-5-7-13-8-6-10/h2-4,10,13H,5-8H2,1H3. The number of hydrogen-bond donors (Lipinski definition) is 1. The van der Waals surface area contributed by atoms with E-state index in [1.807, 2.05) is 11.4 Å². The van der Waals surface area contributed by atoms with Crippen molar-refractivity contribution in [1.82, 2.24) is 20.1 Å². The van der Waals surface area contributed by atoms with Gasteiger partial charge in [0, 0.05) is 11.6 Å². The van der Waals surface area contributed by atoms with Crippen LogP contribution in [0.3, 0.4) is 0 Å². The highest BCUT2D eigenvalue weighted by Gasteiger charge is 2.18. The Morgan fingerprint density at radius 1 is 1.31 bits per heavy atom. The van der Waals surface area contributed by atoms with Gasteiger partial charge in [0.2, 0.25) is 0 Å². The Bertz CT molecular complexity index is 497. The minimum atomic E-state index is 0.617. The van der Waals surface area contributed by atoms with Crippen LogP contribution in [0.1, 0.15) is 30.1 Å². The van der Waals surface area contributed by atoms with Gasteiger partial charge in [0.25, 0.3) is 0 Å². The third-order valence-electron chi connectivity index (χ3n) is 3.41. The van der Waals surface area contributed by atoms with Gasteiger partial charge in [-0.2, -0.15) is 0 Å². The van der Waals surface area contributed by atoms with Crippen LogP contribution >= 0.6 is 0 Å². The molecule has 0 unspecified atom stereocenters. The molecule has 1 fully saturated rings. The topological polar surface area (TPSA) is 42.2 Å². The Labute approximate surface area is 94.7 Å². The van der Waals surface area contributed by atoms with Gasteiger partial charge < -0.3 is 5.32 Å². The Balaban J connectivity index is 2.08. The predicted octanol–water partition coefficient (Wildman–Crippen LogP) is 1.50. The molecular formula is C12H16N4. The monoisotopic (exact) mass is 216 g/mol. The lowest BCUT2D eigenvalue weighted by molar-refractivity contribution is 0.446. The molecule has 1 N–H and O–H groups in total. The quantitative estimate of drug-likeness (QED) is 0.785. The third-order valence-corrected chi connectivity index (χ3v) is 3.41. The summed E-state index contributed by atoms with van der Waals surface area (Å²) in [6.45, 7) is 4.22. The molecule has 3 rings (SSSR count). The Morgan fingerprint density at radius 2 is 2.12 bits per heavy atom. The van der Waals surface area contributed by atoms with Crippen LogP contribution in [0.2, 0.25) is 0 Å². The summed E-state index contributed by atoms with van der Waals surface area (Å²) in [6, 6.07) is 6.38. The van der Waals surface area contributed by atoms with Gasteiger partial charge in [-0.25, -0.2) is 4.52 Å². The zero-order chi connectivity index (χ0) is 11.0. The molecular weight excluding hydrogens is 200 g/mol. The van der Waals surface area contributed by atoms with Gasteiger partial charge in [-0.15, -0.1) is 5.10 Å². The Morgan fingerprint density at radius 3 is 2.94 bits per heavy atom. The number of aryl methyl sites for hydroxylation is 1. The lowest BCUT2D eigenvalue weighted by Crippen LogP contribution is -2.27. The predicted molar refractivity (Wildman–Crippen MR) is 62.6 cm³/mol. The largest absolute Gasteiger partial charge is 0.317 e. The number of fused-ring (bicyclic) bond motifs is 1. The molecule has 1 aliphatic rings. The molecule has 0 radical (unpaired) electrons. The molecule has 2 aromatic rings. The number of nitrogens with one attached hydrogen (secondary N) is 1. The van der Waals surface area contributed by atoms with Crippen LogP contribution in [-0.4, -0.2) is 27.9 Å². The summed E-state index contributed by atoms with van der Waals surface area (Å²) in [7, 11) is 0. The second-order valence-corrected chi connectivity index (χ2v) is 4.45. The van der Waals surface area contributed by atoms with Crippen LogP contribution in [0.5, 0.6) is 0 Å². The number of aromatic nitrogens is 3. The van der Waals surface area contributed by atoms with Crippen molar-refractivity contribution in [3.8, 4) is 0 Å². The number of rotatable bonds is 1. The maximum atomic E-state index is 4.24. The smallest absolute Gasteiger partial charge is 0.0897 e. The van der Waals surface area contributed by atoms with E-state index < -0.39 is 0 Å². The lowest BCUT2D eigenvalue weighted by atomic mass is 9.94. The number of hydrogen-bond acceptors (Lipinski definition) is 3. The summed E-state index contributed by atoms with van der Waals surface area (Å²) in [5.74, 6) is 0.617. The average Bonchev–Trinajstić information content (AvgIpc) is 2.73. The van der Waals surface area contributed by atoms with E-state index >= 15 is 0 Å². The highest BCUT2D eigenvalue weighted by atomic mass is 15.4. The van der Waals surface area contributed by atoms with Crippen molar-refractivity contribution < 1.29 is 0 Å². The van der Waals surface area contributed by atoms with Crippen molar-refractivity contribution in [3.63, 3.8) is 0 Å². The zero-order valence-electron chi connectivity index (χ0n) is 9.48. The maximum absolute atomic E-state index is 4.24. The van der Waals surface area contributed by atoms with E-state index in [4.69, 9.17) is 0 Å². The van der Waals surface area contributed by atoms with E-state index in [1.165, 1.54) is 18.5 Å². The molecule has 3 heterocycles. The van der Waals surface area contributed by atoms with Crippen LogP contribution in [0.25, 0.3) is 5.52 Å². The SMILES string of the molecule is Cc1nnn2c(C3CCNCC3)cccc12. The third kappa shape index (κ3) is 1.50. The fourth-order valence-corrected chi connectivity index (χ4v) is 2.48. The second kappa shape index (κ2) is 3.87. The molecule has 0 aromatic carbocycles. The van der Waals surface area contributed by atoms with Crippen molar-refractivity contribution >= 4 is 5.52 Å². The molecule has 0 bridgehead atoms. The van der Waals surface area contributed by atoms with Gasteiger partial charge in [-0.05, 0) is 45.0 Å². The fraction of sp³-hybridized carbons (Fsp3) is 0.500. The molecule has 84 valence electrons. The summed E-state index contributed by atoms with van der Waals surface area (Å²) in [5, 5.41) is 11.8. The molecule has 1 aliphatic heterocycles. The Hall–Kier alpha value is -1.42. The molecule has 0 saturated carbocycles. The van der Waals surface area contributed by atoms with Crippen LogP contribution in [0.15, 0.2) is 18.2 Å². The van der Waals surface area contributed by atoms with Gasteiger partial charge in [0.1, 0.15) is 0 Å². The van der Waals surface area contributed by atoms with Gasteiger partial charge >= 0.3 is 0 Å². The molecule has 0 spiro atoms. The van der Waals surface area contributed by atoms with Gasteiger partial charge in [0.05, 0.1) is 11.2 Å². The van der Waals surface area contributed by atoms with Gasteiger partial charge in [0.15, 0.2) is 0 Å². The number of piperidine rings is 1. The first kappa shape index (κ1) is 9.78. The molecule has 16 heavy (non-hydrogen) atoms. The number of pyridine rings is 1. The molecule has 0 amide bonds. The lowest BCUT2D eigenvalue weighted by Gasteiger charge is -2.23. The van der Waals surface area contributed by atoms with Gasteiger partial charge in [-0.3, -0.25) is 0 Å². The molecule has 4 heteroatoms. The first-order chi connectivity index (χ1) is 7.86. The van der Waals surface area contributed by atoms with E-state index in [0.29, 0.717) is 5.92 Å². The van der Waals surface area contributed by atoms with E-state index in [1.54, 1.807) is 0 Å². The average molecular weight is 216 g/mol. The van der Waals surface area contributed by atoms with Crippen molar-refractivity contribution in [2.24, 2.45) is 0 Å². The number of nitrogens with zero attached hydrogens (tertiary/aromatic N) is 3. The van der Waals surface area contributed by atoms with Crippen LogP contribution in [0.4, 0.5) is 0 Å². The van der Waals surface area contributed by atoms with Gasteiger partial charge in [-0.1, -0.05) is 11.3 Å². The van der Waals surface area contributed by atoms with Crippen LogP contribution in [0, 0.1) is 6.92 Å². The second-order valence-electron chi connectivity index (χ2n) is 4.45. The summed E-state index contributed by atoms with van der Waals surface area (Å²) in [6.07, 6.45) is 2.38. The maximum Gasteiger partial charge on any atom is 0.0897 e. The fourth-order valence-electron chi connectivity index (χ4n) is 2.48. The summed E-state index contributed by atoms with van der Waals surface area (Å²) in [4.78, 5) is 0. The van der Waals surface area contributed by atoms with Crippen molar-refractivity contribution in [1.29, 1.82) is 0 Å². The first-order valence-corrected chi connectivity index (χ1v) is 5.88. The van der Waals surface area contributed by atoms with E-state index in [9.17, 15) is 0 Å². The highest BCUT2D eigenvalue weighted by molar-refractivity contribution is 5.51. The molecule has 0 atom stereocenters. The van der Waals surface area contributed by atoms with Crippen LogP contribution in [-0.2, 0) is 0 Å². The zero-order valence-corrected chi connectivity index (χ0v) is 9.48. The van der Waals surface area contributed by atoms with Crippen molar-refractivity contribution in [2.75, 3.05) is 13.1 Å². The summed E-state index contributed by atoms with van der Waals surface area (Å²) >= 11 is 0. The molecule has 4 nitrogen and oxygen atoms in total. The minimum absolute atomic E-state index is 0.617. The molecule has 1 saturated heterocycles. The Kier molecular flexibility index (Phi) is 2.36. The molecule has 2 aromatic heterocycles.